The highest BCUT2D eigenvalue weighted by molar-refractivity contribution is 6.29. The number of nitrogens with zero attached hydrogens (tertiary/aromatic N) is 2. The largest absolute Gasteiger partial charge is 0.497 e. The summed E-state index contributed by atoms with van der Waals surface area (Å²) in [5.74, 6) is 1.43. The molecule has 1 N–H and O–H groups in total. The van der Waals surface area contributed by atoms with E-state index in [4.69, 9.17) is 16.3 Å². The summed E-state index contributed by atoms with van der Waals surface area (Å²) in [6, 6.07) is 10.0. The van der Waals surface area contributed by atoms with Crippen molar-refractivity contribution in [3.8, 4) is 17.0 Å². The van der Waals surface area contributed by atoms with E-state index in [1.165, 1.54) is 25.7 Å². The van der Waals surface area contributed by atoms with Crippen LogP contribution >= 0.6 is 11.6 Å². The van der Waals surface area contributed by atoms with Crippen LogP contribution in [0.4, 0.5) is 5.95 Å². The molecule has 5 heteroatoms. The minimum absolute atomic E-state index is 0.455. The number of rotatable bonds is 4. The van der Waals surface area contributed by atoms with Gasteiger partial charge in [-0.25, -0.2) is 9.97 Å². The first kappa shape index (κ1) is 14.1. The highest BCUT2D eigenvalue weighted by atomic mass is 35.5. The molecule has 4 nitrogen and oxygen atoms in total. The van der Waals surface area contributed by atoms with Crippen LogP contribution in [0.15, 0.2) is 30.3 Å². The van der Waals surface area contributed by atoms with Crippen LogP contribution in [-0.2, 0) is 0 Å². The van der Waals surface area contributed by atoms with Crippen LogP contribution in [0.2, 0.25) is 5.15 Å². The third-order valence-electron chi connectivity index (χ3n) is 3.77. The van der Waals surface area contributed by atoms with Gasteiger partial charge in [-0.15, -0.1) is 0 Å². The normalized spacial score (nSPS) is 15.1. The van der Waals surface area contributed by atoms with E-state index in [1.807, 2.05) is 24.3 Å². The van der Waals surface area contributed by atoms with E-state index in [2.05, 4.69) is 15.3 Å². The van der Waals surface area contributed by atoms with Crippen molar-refractivity contribution in [1.29, 1.82) is 0 Å². The summed E-state index contributed by atoms with van der Waals surface area (Å²) >= 11 is 6.13. The Kier molecular flexibility index (Phi) is 4.25. The molecule has 3 rings (SSSR count). The summed E-state index contributed by atoms with van der Waals surface area (Å²) in [7, 11) is 1.65. The monoisotopic (exact) mass is 303 g/mol. The number of ether oxygens (including phenoxy) is 1. The lowest BCUT2D eigenvalue weighted by Crippen LogP contribution is -2.16. The lowest BCUT2D eigenvalue weighted by molar-refractivity contribution is 0.415. The van der Waals surface area contributed by atoms with Crippen LogP contribution < -0.4 is 10.1 Å². The van der Waals surface area contributed by atoms with Crippen molar-refractivity contribution in [1.82, 2.24) is 9.97 Å². The molecule has 0 aliphatic heterocycles. The molecule has 1 saturated carbocycles. The van der Waals surface area contributed by atoms with Crippen LogP contribution in [0.5, 0.6) is 5.75 Å². The average molecular weight is 304 g/mol. The Morgan fingerprint density at radius 2 is 1.86 bits per heavy atom. The van der Waals surface area contributed by atoms with Gasteiger partial charge in [-0.2, -0.15) is 0 Å². The summed E-state index contributed by atoms with van der Waals surface area (Å²) in [5.41, 5.74) is 1.81. The third kappa shape index (κ3) is 3.45. The maximum absolute atomic E-state index is 6.13. The molecule has 0 radical (unpaired) electrons. The van der Waals surface area contributed by atoms with Crippen LogP contribution in [0.25, 0.3) is 11.3 Å². The van der Waals surface area contributed by atoms with Crippen molar-refractivity contribution in [2.24, 2.45) is 0 Å². The zero-order valence-electron chi connectivity index (χ0n) is 12.0. The second-order valence-corrected chi connectivity index (χ2v) is 5.64. The van der Waals surface area contributed by atoms with Gasteiger partial charge in [0.1, 0.15) is 10.9 Å². The molecule has 1 fully saturated rings. The first-order valence-corrected chi connectivity index (χ1v) is 7.58. The van der Waals surface area contributed by atoms with E-state index >= 15 is 0 Å². The quantitative estimate of drug-likeness (QED) is 0.862. The number of methoxy groups -OCH3 is 1. The molecule has 0 bridgehead atoms. The zero-order valence-corrected chi connectivity index (χ0v) is 12.7. The highest BCUT2D eigenvalue weighted by Crippen LogP contribution is 2.26. The molecule has 0 spiro atoms. The Labute approximate surface area is 129 Å². The molecule has 21 heavy (non-hydrogen) atoms. The lowest BCUT2D eigenvalue weighted by atomic mass is 10.1. The van der Waals surface area contributed by atoms with Crippen LogP contribution in [-0.4, -0.2) is 23.1 Å². The molecule has 110 valence electrons. The van der Waals surface area contributed by atoms with Gasteiger partial charge in [0.05, 0.1) is 12.8 Å². The van der Waals surface area contributed by atoms with Crippen LogP contribution in [0, 0.1) is 0 Å². The van der Waals surface area contributed by atoms with E-state index in [1.54, 1.807) is 13.2 Å². The molecular formula is C16H18ClN3O. The van der Waals surface area contributed by atoms with E-state index in [9.17, 15) is 0 Å². The third-order valence-corrected chi connectivity index (χ3v) is 3.96. The number of anilines is 1. The van der Waals surface area contributed by atoms with Crippen molar-refractivity contribution < 1.29 is 4.74 Å². The molecule has 0 atom stereocenters. The molecule has 1 aliphatic carbocycles. The Hall–Kier alpha value is -1.81. The van der Waals surface area contributed by atoms with Gasteiger partial charge in [0.2, 0.25) is 5.95 Å². The number of hydrogen-bond donors (Lipinski definition) is 1. The first-order valence-electron chi connectivity index (χ1n) is 7.20. The second-order valence-electron chi connectivity index (χ2n) is 5.25. The van der Waals surface area contributed by atoms with Crippen molar-refractivity contribution in [2.75, 3.05) is 12.4 Å². The summed E-state index contributed by atoms with van der Waals surface area (Å²) in [6.07, 6.45) is 4.88. The van der Waals surface area contributed by atoms with Crippen molar-refractivity contribution >= 4 is 17.5 Å². The fraction of sp³-hybridized carbons (Fsp3) is 0.375. The maximum atomic E-state index is 6.13. The Morgan fingerprint density at radius 1 is 1.14 bits per heavy atom. The van der Waals surface area contributed by atoms with Crippen molar-refractivity contribution in [3.05, 3.63) is 35.5 Å². The van der Waals surface area contributed by atoms with Crippen molar-refractivity contribution in [3.63, 3.8) is 0 Å². The number of halogens is 1. The summed E-state index contributed by atoms with van der Waals surface area (Å²) in [6.45, 7) is 0. The summed E-state index contributed by atoms with van der Waals surface area (Å²) < 4.78 is 5.17. The van der Waals surface area contributed by atoms with Gasteiger partial charge < -0.3 is 10.1 Å². The first-order chi connectivity index (χ1) is 10.2. The number of hydrogen-bond acceptors (Lipinski definition) is 4. The van der Waals surface area contributed by atoms with E-state index < -0.39 is 0 Å². The summed E-state index contributed by atoms with van der Waals surface area (Å²) in [4.78, 5) is 8.85. The van der Waals surface area contributed by atoms with E-state index in [0.717, 1.165) is 17.0 Å². The zero-order chi connectivity index (χ0) is 14.7. The Morgan fingerprint density at radius 3 is 2.52 bits per heavy atom. The van der Waals surface area contributed by atoms with Gasteiger partial charge in [-0.1, -0.05) is 24.4 Å². The molecular weight excluding hydrogens is 286 g/mol. The van der Waals surface area contributed by atoms with Crippen LogP contribution in [0.3, 0.4) is 0 Å². The standard InChI is InChI=1S/C16H18ClN3O/c1-21-13-8-6-11(7-9-13)14-10-15(17)20-16(19-14)18-12-4-2-3-5-12/h6-10,12H,2-5H2,1H3,(H,18,19,20). The molecule has 1 aliphatic rings. The van der Waals surface area contributed by atoms with Gasteiger partial charge in [0.25, 0.3) is 0 Å². The molecule has 0 saturated heterocycles. The van der Waals surface area contributed by atoms with E-state index in [-0.39, 0.29) is 0 Å². The van der Waals surface area contributed by atoms with Crippen molar-refractivity contribution in [2.45, 2.75) is 31.7 Å². The van der Waals surface area contributed by atoms with Gasteiger partial charge in [-0.05, 0) is 37.1 Å². The van der Waals surface area contributed by atoms with Gasteiger partial charge in [-0.3, -0.25) is 0 Å². The Bertz CT molecular complexity index is 609. The molecule has 1 aromatic carbocycles. The average Bonchev–Trinajstić information content (AvgIpc) is 2.99. The minimum Gasteiger partial charge on any atom is -0.497 e. The van der Waals surface area contributed by atoms with E-state index in [0.29, 0.717) is 17.1 Å². The van der Waals surface area contributed by atoms with Crippen LogP contribution in [0.1, 0.15) is 25.7 Å². The van der Waals surface area contributed by atoms with Gasteiger partial charge >= 0.3 is 0 Å². The molecule has 2 aromatic rings. The number of nitrogens with one attached hydrogen (secondary N) is 1. The topological polar surface area (TPSA) is 47.0 Å². The van der Waals surface area contributed by atoms with Gasteiger partial charge in [0, 0.05) is 17.7 Å². The maximum Gasteiger partial charge on any atom is 0.224 e. The Balaban J connectivity index is 1.85. The highest BCUT2D eigenvalue weighted by Gasteiger charge is 2.16. The SMILES string of the molecule is COc1ccc(-c2cc(Cl)nc(NC3CCCC3)n2)cc1. The second kappa shape index (κ2) is 6.31. The molecule has 1 heterocycles. The predicted octanol–water partition coefficient (Wildman–Crippen LogP) is 4.16. The number of aromatic nitrogens is 2. The predicted molar refractivity (Wildman–Crippen MR) is 84.9 cm³/mol. The summed E-state index contributed by atoms with van der Waals surface area (Å²) in [5, 5.41) is 3.84. The van der Waals surface area contributed by atoms with Gasteiger partial charge in [0.15, 0.2) is 0 Å². The number of benzene rings is 1. The lowest BCUT2D eigenvalue weighted by Gasteiger charge is -2.13. The minimum atomic E-state index is 0.455. The smallest absolute Gasteiger partial charge is 0.224 e. The fourth-order valence-electron chi connectivity index (χ4n) is 2.64. The fourth-order valence-corrected chi connectivity index (χ4v) is 2.83. The molecule has 0 amide bonds. The molecule has 0 unspecified atom stereocenters. The molecule has 1 aromatic heterocycles.